The number of nitrogens with zero attached hydrogens (tertiary/aromatic N) is 4. The van der Waals surface area contributed by atoms with E-state index in [1.807, 2.05) is 6.20 Å². The van der Waals surface area contributed by atoms with Crippen LogP contribution in [-0.4, -0.2) is 19.1 Å². The van der Waals surface area contributed by atoms with Crippen LogP contribution in [0.25, 0.3) is 99.2 Å². The summed E-state index contributed by atoms with van der Waals surface area (Å²) in [6.07, 6.45) is 8.96. The van der Waals surface area contributed by atoms with Crippen LogP contribution in [0.1, 0.15) is 43.2 Å². The van der Waals surface area contributed by atoms with E-state index in [-0.39, 0.29) is 5.41 Å². The Morgan fingerprint density at radius 2 is 1.05 bits per heavy atom. The maximum absolute atomic E-state index is 5.29. The molecule has 294 valence electrons. The fourth-order valence-corrected chi connectivity index (χ4v) is 14.0. The molecular formula is C58H42N4. The van der Waals surface area contributed by atoms with Gasteiger partial charge in [0.1, 0.15) is 0 Å². The predicted octanol–water partition coefficient (Wildman–Crippen LogP) is 14.4. The molecule has 4 saturated carbocycles. The summed E-state index contributed by atoms with van der Waals surface area (Å²) in [4.78, 5) is 10.2. The molecule has 1 spiro atoms. The molecule has 3 aromatic heterocycles. The van der Waals surface area contributed by atoms with Crippen molar-refractivity contribution in [2.45, 2.75) is 37.5 Å². The Balaban J connectivity index is 0.884. The largest absolute Gasteiger partial charge is 0.309 e. The van der Waals surface area contributed by atoms with Gasteiger partial charge >= 0.3 is 0 Å². The van der Waals surface area contributed by atoms with Gasteiger partial charge in [0.15, 0.2) is 5.82 Å². The summed E-state index contributed by atoms with van der Waals surface area (Å²) in [6.45, 7) is 0. The Kier molecular flexibility index (Phi) is 6.55. The highest BCUT2D eigenvalue weighted by molar-refractivity contribution is 6.13. The molecule has 0 N–H and O–H groups in total. The van der Waals surface area contributed by atoms with Crippen LogP contribution >= 0.6 is 0 Å². The first-order chi connectivity index (χ1) is 30.7. The second-order valence-corrected chi connectivity index (χ2v) is 19.0. The van der Waals surface area contributed by atoms with Crippen LogP contribution in [0, 0.1) is 23.7 Å². The Labute approximate surface area is 359 Å². The van der Waals surface area contributed by atoms with Crippen LogP contribution in [0.15, 0.2) is 170 Å². The van der Waals surface area contributed by atoms with Crippen molar-refractivity contribution >= 4 is 65.4 Å². The summed E-state index contributed by atoms with van der Waals surface area (Å²) < 4.78 is 4.83. The molecule has 16 rings (SSSR count). The van der Waals surface area contributed by atoms with E-state index in [0.717, 1.165) is 56.9 Å². The third-order valence-electron chi connectivity index (χ3n) is 16.1. The molecule has 8 aromatic carbocycles. The number of hydrogen-bond donors (Lipinski definition) is 0. The van der Waals surface area contributed by atoms with Crippen molar-refractivity contribution in [2.75, 3.05) is 0 Å². The first-order valence-electron chi connectivity index (χ1n) is 22.7. The minimum Gasteiger partial charge on any atom is -0.309 e. The highest BCUT2D eigenvalue weighted by Gasteiger charge is 2.61. The third kappa shape index (κ3) is 4.32. The molecule has 0 amide bonds. The van der Waals surface area contributed by atoms with Crippen LogP contribution < -0.4 is 0 Å². The van der Waals surface area contributed by atoms with Gasteiger partial charge in [0, 0.05) is 38.0 Å². The molecule has 11 aromatic rings. The summed E-state index contributed by atoms with van der Waals surface area (Å²) in [6, 6.07) is 61.4. The summed E-state index contributed by atoms with van der Waals surface area (Å²) in [5.41, 5.74) is 16.6. The summed E-state index contributed by atoms with van der Waals surface area (Å²) in [7, 11) is 0. The minimum atomic E-state index is 0.137. The van der Waals surface area contributed by atoms with Crippen molar-refractivity contribution in [2.24, 2.45) is 23.7 Å². The van der Waals surface area contributed by atoms with Crippen molar-refractivity contribution in [3.05, 3.63) is 181 Å². The smallest absolute Gasteiger partial charge is 0.156 e. The van der Waals surface area contributed by atoms with E-state index in [0.29, 0.717) is 0 Å². The average molecular weight is 795 g/mol. The van der Waals surface area contributed by atoms with Gasteiger partial charge in [0.05, 0.1) is 39.3 Å². The fourth-order valence-electron chi connectivity index (χ4n) is 14.0. The van der Waals surface area contributed by atoms with Crippen molar-refractivity contribution in [3.8, 4) is 33.8 Å². The SMILES string of the molecule is c1ccc2c(c1)-c1ccc(-n3c4ccccc4c4cc(-c5ccc6c(c5)c5ccccc5n6-c5cnc6ccc7ccccc7c6n5)ccc43)cc1C21C2CC3CC(C2)CC1C3. The molecule has 0 aliphatic heterocycles. The lowest BCUT2D eigenvalue weighted by atomic mass is 9.43. The second-order valence-electron chi connectivity index (χ2n) is 19.0. The van der Waals surface area contributed by atoms with Crippen LogP contribution in [-0.2, 0) is 5.41 Å². The monoisotopic (exact) mass is 794 g/mol. The summed E-state index contributed by atoms with van der Waals surface area (Å²) >= 11 is 0. The summed E-state index contributed by atoms with van der Waals surface area (Å²) in [5.74, 6) is 4.15. The quantitative estimate of drug-likeness (QED) is 0.167. The number of fused-ring (bicyclic) bond motifs is 12. The normalized spacial score (nSPS) is 22.3. The van der Waals surface area contributed by atoms with Gasteiger partial charge in [-0.3, -0.25) is 9.55 Å². The molecular weight excluding hydrogens is 753 g/mol. The van der Waals surface area contributed by atoms with Gasteiger partial charge in [0.2, 0.25) is 0 Å². The van der Waals surface area contributed by atoms with Gasteiger partial charge < -0.3 is 4.57 Å². The zero-order valence-corrected chi connectivity index (χ0v) is 34.3. The molecule has 62 heavy (non-hydrogen) atoms. The van der Waals surface area contributed by atoms with Crippen LogP contribution in [0.4, 0.5) is 0 Å². The first kappa shape index (κ1) is 33.7. The van der Waals surface area contributed by atoms with E-state index < -0.39 is 0 Å². The highest BCUT2D eigenvalue weighted by atomic mass is 15.1. The van der Waals surface area contributed by atoms with Gasteiger partial charge in [-0.05, 0) is 149 Å². The molecule has 5 aliphatic carbocycles. The molecule has 0 saturated heterocycles. The molecule has 4 heteroatoms. The maximum atomic E-state index is 5.29. The van der Waals surface area contributed by atoms with E-state index in [2.05, 4.69) is 173 Å². The van der Waals surface area contributed by atoms with Gasteiger partial charge in [-0.2, -0.15) is 0 Å². The second kappa shape index (κ2) is 12.1. The van der Waals surface area contributed by atoms with E-state index in [4.69, 9.17) is 9.97 Å². The lowest BCUT2D eigenvalue weighted by Gasteiger charge is -2.61. The van der Waals surface area contributed by atoms with Crippen LogP contribution in [0.5, 0.6) is 0 Å². The lowest BCUT2D eigenvalue weighted by Crippen LogP contribution is -2.55. The van der Waals surface area contributed by atoms with Crippen LogP contribution in [0.3, 0.4) is 0 Å². The lowest BCUT2D eigenvalue weighted by molar-refractivity contribution is -0.0399. The molecule has 0 atom stereocenters. The number of rotatable bonds is 3. The van der Waals surface area contributed by atoms with Gasteiger partial charge in [-0.25, -0.2) is 4.98 Å². The Morgan fingerprint density at radius 3 is 1.79 bits per heavy atom. The Hall–Kier alpha value is -7.04. The van der Waals surface area contributed by atoms with E-state index in [1.54, 1.807) is 11.1 Å². The zero-order chi connectivity index (χ0) is 40.3. The van der Waals surface area contributed by atoms with Crippen molar-refractivity contribution in [1.82, 2.24) is 19.1 Å². The fraction of sp³-hybridized carbons (Fsp3) is 0.172. The molecule has 4 bridgehead atoms. The Morgan fingerprint density at radius 1 is 0.452 bits per heavy atom. The van der Waals surface area contributed by atoms with Gasteiger partial charge in [0.25, 0.3) is 0 Å². The van der Waals surface area contributed by atoms with E-state index in [9.17, 15) is 0 Å². The molecule has 4 nitrogen and oxygen atoms in total. The molecule has 0 unspecified atom stereocenters. The molecule has 0 radical (unpaired) electrons. The number of benzene rings is 8. The van der Waals surface area contributed by atoms with Gasteiger partial charge in [-0.1, -0.05) is 109 Å². The van der Waals surface area contributed by atoms with Gasteiger partial charge in [-0.15, -0.1) is 0 Å². The predicted molar refractivity (Wildman–Crippen MR) is 254 cm³/mol. The molecule has 4 fully saturated rings. The molecule has 5 aliphatic rings. The standard InChI is InChI=1S/C58H42N4/c1-2-10-42-36(9-1)17-22-51-57(42)60-56(33-59-51)62-53-16-8-5-13-46(53)48-31-38(19-24-55(48)62)37-18-23-54-47(30-37)45-12-4-7-15-52(45)61(54)41-20-21-44-43-11-3-6-14-49(43)58(50(44)32-41)39-26-34-25-35(28-39)29-40(58)27-34/h1-24,30-35,39-40H,25-29H2. The van der Waals surface area contributed by atoms with E-state index >= 15 is 0 Å². The van der Waals surface area contributed by atoms with Crippen molar-refractivity contribution in [3.63, 3.8) is 0 Å². The topological polar surface area (TPSA) is 35.6 Å². The highest BCUT2D eigenvalue weighted by Crippen LogP contribution is 2.69. The van der Waals surface area contributed by atoms with Crippen molar-refractivity contribution < 1.29 is 0 Å². The maximum Gasteiger partial charge on any atom is 0.156 e. The van der Waals surface area contributed by atoms with E-state index in [1.165, 1.54) is 98.0 Å². The van der Waals surface area contributed by atoms with Crippen LogP contribution in [0.2, 0.25) is 0 Å². The average Bonchev–Trinajstić information content (AvgIpc) is 3.94. The summed E-state index contributed by atoms with van der Waals surface area (Å²) in [5, 5.41) is 7.27. The first-order valence-corrected chi connectivity index (χ1v) is 22.7. The molecule has 3 heterocycles. The van der Waals surface area contributed by atoms with Crippen molar-refractivity contribution in [1.29, 1.82) is 0 Å². The number of para-hydroxylation sites is 2. The number of aromatic nitrogens is 4. The number of hydrogen-bond acceptors (Lipinski definition) is 2. The zero-order valence-electron chi connectivity index (χ0n) is 34.3. The third-order valence-corrected chi connectivity index (χ3v) is 16.1. The minimum absolute atomic E-state index is 0.137. The Bertz CT molecular complexity index is 3710.